The summed E-state index contributed by atoms with van der Waals surface area (Å²) in [7, 11) is 0. The van der Waals surface area contributed by atoms with E-state index in [1.807, 2.05) is 0 Å². The van der Waals surface area contributed by atoms with E-state index < -0.39 is 11.0 Å². The smallest absolute Gasteiger partial charge is 0.289 e. The van der Waals surface area contributed by atoms with Gasteiger partial charge in [-0.1, -0.05) is 11.6 Å². The van der Waals surface area contributed by atoms with E-state index in [-0.39, 0.29) is 22.5 Å². The molecule has 1 fully saturated rings. The Labute approximate surface area is 138 Å². The van der Waals surface area contributed by atoms with Crippen LogP contribution >= 0.6 is 11.6 Å². The predicted octanol–water partition coefficient (Wildman–Crippen LogP) is 2.90. The summed E-state index contributed by atoms with van der Waals surface area (Å²) in [6.45, 7) is 3.90. The maximum Gasteiger partial charge on any atom is 0.289 e. The molecule has 0 aliphatic carbocycles. The number of carbonyl (C=O) groups is 2. The van der Waals surface area contributed by atoms with Gasteiger partial charge in [0.1, 0.15) is 11.1 Å². The largest absolute Gasteiger partial charge is 0.331 e. The summed E-state index contributed by atoms with van der Waals surface area (Å²) in [6, 6.07) is 2.05. The Morgan fingerprint density at radius 3 is 2.74 bits per heavy atom. The molecule has 8 heteroatoms. The number of nitro benzene ring substituents is 1. The third kappa shape index (κ3) is 3.79. The van der Waals surface area contributed by atoms with Crippen molar-refractivity contribution in [3.05, 3.63) is 32.8 Å². The average Bonchev–Trinajstić information content (AvgIpc) is 2.49. The Bertz CT molecular complexity index is 662. The van der Waals surface area contributed by atoms with Gasteiger partial charge in [0, 0.05) is 19.0 Å². The molecule has 124 valence electrons. The minimum absolute atomic E-state index is 0.0183. The Morgan fingerprint density at radius 1 is 1.43 bits per heavy atom. The second kappa shape index (κ2) is 6.95. The fourth-order valence-corrected chi connectivity index (χ4v) is 2.84. The zero-order valence-corrected chi connectivity index (χ0v) is 13.7. The molecule has 1 aromatic carbocycles. The van der Waals surface area contributed by atoms with Crippen molar-refractivity contribution in [1.82, 2.24) is 4.90 Å². The Morgan fingerprint density at radius 2 is 2.13 bits per heavy atom. The van der Waals surface area contributed by atoms with Crippen molar-refractivity contribution >= 4 is 34.8 Å². The predicted molar refractivity (Wildman–Crippen MR) is 86.5 cm³/mol. The van der Waals surface area contributed by atoms with E-state index >= 15 is 0 Å². The molecular weight excluding hydrogens is 322 g/mol. The summed E-state index contributed by atoms with van der Waals surface area (Å²) < 4.78 is 0. The Balaban J connectivity index is 2.18. The monoisotopic (exact) mass is 339 g/mol. The fourth-order valence-electron chi connectivity index (χ4n) is 2.55. The molecule has 0 aromatic heterocycles. The zero-order chi connectivity index (χ0) is 17.1. The minimum atomic E-state index is -0.628. The molecule has 7 nitrogen and oxygen atoms in total. The number of likely N-dealkylation sites (tertiary alicyclic amines) is 1. The lowest BCUT2D eigenvalue weighted by molar-refractivity contribution is -0.384. The molecular formula is C15H18ClN3O4. The van der Waals surface area contributed by atoms with Crippen LogP contribution in [0.1, 0.15) is 31.7 Å². The second-order valence-corrected chi connectivity index (χ2v) is 5.99. The van der Waals surface area contributed by atoms with E-state index in [4.69, 9.17) is 11.6 Å². The van der Waals surface area contributed by atoms with Crippen molar-refractivity contribution in [2.75, 3.05) is 11.9 Å². The number of rotatable bonds is 4. The van der Waals surface area contributed by atoms with Crippen molar-refractivity contribution in [3.63, 3.8) is 0 Å². The van der Waals surface area contributed by atoms with Crippen LogP contribution in [0.25, 0.3) is 0 Å². The Kier molecular flexibility index (Phi) is 5.20. The van der Waals surface area contributed by atoms with Gasteiger partial charge in [-0.25, -0.2) is 0 Å². The molecule has 1 aliphatic rings. The normalized spacial score (nSPS) is 16.1. The van der Waals surface area contributed by atoms with Gasteiger partial charge in [-0.15, -0.1) is 0 Å². The maximum absolute atomic E-state index is 12.4. The molecule has 2 rings (SSSR count). The summed E-state index contributed by atoms with van der Waals surface area (Å²) in [4.78, 5) is 36.1. The average molecular weight is 340 g/mol. The first-order valence-corrected chi connectivity index (χ1v) is 7.74. The number of hydrogen-bond acceptors (Lipinski definition) is 4. The number of piperidine rings is 1. The number of amides is 2. The maximum atomic E-state index is 12.4. The molecule has 0 unspecified atom stereocenters. The SMILES string of the molecule is Cc1cc(Cl)c([N+](=O)[O-])cc1NC(=O)[C@H](C)N1CCCCC1=O. The van der Waals surface area contributed by atoms with Gasteiger partial charge in [0.2, 0.25) is 11.8 Å². The van der Waals surface area contributed by atoms with Crippen LogP contribution in [0.3, 0.4) is 0 Å². The van der Waals surface area contributed by atoms with Gasteiger partial charge in [0.25, 0.3) is 5.69 Å². The van der Waals surface area contributed by atoms with Gasteiger partial charge in [0.15, 0.2) is 0 Å². The number of nitrogens with zero attached hydrogens (tertiary/aromatic N) is 2. The van der Waals surface area contributed by atoms with Crippen molar-refractivity contribution < 1.29 is 14.5 Å². The molecule has 1 atom stereocenters. The lowest BCUT2D eigenvalue weighted by atomic mass is 10.1. The molecule has 1 aromatic rings. The molecule has 1 heterocycles. The molecule has 0 radical (unpaired) electrons. The van der Waals surface area contributed by atoms with Crippen LogP contribution in [-0.4, -0.2) is 34.2 Å². The lowest BCUT2D eigenvalue weighted by Crippen LogP contribution is -2.47. The van der Waals surface area contributed by atoms with Crippen LogP contribution in [0.5, 0.6) is 0 Å². The molecule has 1 saturated heterocycles. The number of halogens is 1. The first-order chi connectivity index (χ1) is 10.8. The van der Waals surface area contributed by atoms with Crippen molar-refractivity contribution in [2.24, 2.45) is 0 Å². The molecule has 0 bridgehead atoms. The second-order valence-electron chi connectivity index (χ2n) is 5.59. The van der Waals surface area contributed by atoms with E-state index in [1.165, 1.54) is 12.1 Å². The van der Waals surface area contributed by atoms with Crippen molar-refractivity contribution in [1.29, 1.82) is 0 Å². The van der Waals surface area contributed by atoms with E-state index in [1.54, 1.807) is 18.7 Å². The highest BCUT2D eigenvalue weighted by molar-refractivity contribution is 6.32. The summed E-state index contributed by atoms with van der Waals surface area (Å²) in [5.41, 5.74) is 0.669. The number of anilines is 1. The Hall–Kier alpha value is -2.15. The highest BCUT2D eigenvalue weighted by atomic mass is 35.5. The minimum Gasteiger partial charge on any atom is -0.331 e. The first kappa shape index (κ1) is 17.2. The van der Waals surface area contributed by atoms with Crippen LogP contribution in [0.2, 0.25) is 5.02 Å². The zero-order valence-electron chi connectivity index (χ0n) is 13.0. The number of hydrogen-bond donors (Lipinski definition) is 1. The van der Waals surface area contributed by atoms with E-state index in [2.05, 4.69) is 5.32 Å². The summed E-state index contributed by atoms with van der Waals surface area (Å²) in [6.07, 6.45) is 2.16. The first-order valence-electron chi connectivity index (χ1n) is 7.36. The molecule has 1 N–H and O–H groups in total. The van der Waals surface area contributed by atoms with Crippen LogP contribution < -0.4 is 5.32 Å². The van der Waals surface area contributed by atoms with E-state index in [0.717, 1.165) is 12.8 Å². The van der Waals surface area contributed by atoms with Gasteiger partial charge < -0.3 is 10.2 Å². The third-order valence-electron chi connectivity index (χ3n) is 3.96. The molecule has 1 aliphatic heterocycles. The van der Waals surface area contributed by atoms with Gasteiger partial charge in [-0.2, -0.15) is 0 Å². The quantitative estimate of drug-likeness (QED) is 0.674. The number of nitrogens with one attached hydrogen (secondary N) is 1. The fraction of sp³-hybridized carbons (Fsp3) is 0.467. The van der Waals surface area contributed by atoms with Crippen LogP contribution in [0.4, 0.5) is 11.4 Å². The van der Waals surface area contributed by atoms with Crippen molar-refractivity contribution in [3.8, 4) is 0 Å². The molecule has 0 spiro atoms. The van der Waals surface area contributed by atoms with Crippen LogP contribution in [0.15, 0.2) is 12.1 Å². The number of benzene rings is 1. The molecule has 2 amide bonds. The van der Waals surface area contributed by atoms with E-state index in [9.17, 15) is 19.7 Å². The number of aryl methyl sites for hydroxylation is 1. The van der Waals surface area contributed by atoms with Gasteiger partial charge >= 0.3 is 0 Å². The number of nitro groups is 1. The molecule has 23 heavy (non-hydrogen) atoms. The van der Waals surface area contributed by atoms with Gasteiger partial charge in [-0.3, -0.25) is 19.7 Å². The van der Waals surface area contributed by atoms with Crippen LogP contribution in [-0.2, 0) is 9.59 Å². The third-order valence-corrected chi connectivity index (χ3v) is 4.26. The van der Waals surface area contributed by atoms with Crippen molar-refractivity contribution in [2.45, 2.75) is 39.2 Å². The summed E-state index contributed by atoms with van der Waals surface area (Å²) >= 11 is 5.83. The number of carbonyl (C=O) groups excluding carboxylic acids is 2. The lowest BCUT2D eigenvalue weighted by Gasteiger charge is -2.31. The summed E-state index contributed by atoms with van der Waals surface area (Å²) in [5.74, 6) is -0.419. The van der Waals surface area contributed by atoms with Gasteiger partial charge in [-0.05, 0) is 38.3 Å². The van der Waals surface area contributed by atoms with Crippen LogP contribution in [0, 0.1) is 17.0 Å². The highest BCUT2D eigenvalue weighted by Crippen LogP contribution is 2.30. The molecule has 0 saturated carbocycles. The van der Waals surface area contributed by atoms with Gasteiger partial charge in [0.05, 0.1) is 10.6 Å². The standard InChI is InChI=1S/C15H18ClN3O4/c1-9-7-11(16)13(19(22)23)8-12(9)17-15(21)10(2)18-6-4-3-5-14(18)20/h7-8,10H,3-6H2,1-2H3,(H,17,21)/t10-/m0/s1. The summed E-state index contributed by atoms with van der Waals surface area (Å²) in [5, 5.41) is 13.6. The highest BCUT2D eigenvalue weighted by Gasteiger charge is 2.28. The topological polar surface area (TPSA) is 92.6 Å². The van der Waals surface area contributed by atoms with E-state index in [0.29, 0.717) is 24.2 Å².